The second kappa shape index (κ2) is 5.81. The number of benzene rings is 1. The first kappa shape index (κ1) is 14.0. The molecule has 6 heteroatoms. The Labute approximate surface area is 122 Å². The van der Waals surface area contributed by atoms with E-state index in [1.807, 2.05) is 4.90 Å². The zero-order valence-corrected chi connectivity index (χ0v) is 11.7. The van der Waals surface area contributed by atoms with Crippen LogP contribution in [0.15, 0.2) is 24.3 Å². The molecule has 2 aliphatic rings. The van der Waals surface area contributed by atoms with Crippen molar-refractivity contribution in [3.8, 4) is 0 Å². The van der Waals surface area contributed by atoms with E-state index < -0.39 is 0 Å². The monoisotopic (exact) mass is 291 g/mol. The number of rotatable bonds is 2. The first-order chi connectivity index (χ1) is 10.1. The van der Waals surface area contributed by atoms with Gasteiger partial charge in [-0.1, -0.05) is 0 Å². The third-order valence-electron chi connectivity index (χ3n) is 4.04. The van der Waals surface area contributed by atoms with E-state index in [1.54, 1.807) is 17.0 Å². The highest BCUT2D eigenvalue weighted by Gasteiger charge is 2.37. The minimum atomic E-state index is -0.334. The number of hydrogen-bond donors (Lipinski definition) is 1. The smallest absolute Gasteiger partial charge is 0.228 e. The lowest BCUT2D eigenvalue weighted by Gasteiger charge is -2.29. The summed E-state index contributed by atoms with van der Waals surface area (Å²) in [5.41, 5.74) is 0.650. The molecule has 1 aromatic carbocycles. The van der Waals surface area contributed by atoms with Crippen LogP contribution in [-0.4, -0.2) is 49.4 Å². The third-order valence-corrected chi connectivity index (χ3v) is 4.04. The largest absolute Gasteiger partial charge is 0.340 e. The van der Waals surface area contributed by atoms with Crippen molar-refractivity contribution in [3.63, 3.8) is 0 Å². The predicted molar refractivity (Wildman–Crippen MR) is 76.3 cm³/mol. The molecule has 2 amide bonds. The van der Waals surface area contributed by atoms with Crippen molar-refractivity contribution in [2.24, 2.45) is 5.92 Å². The molecule has 2 saturated heterocycles. The van der Waals surface area contributed by atoms with Gasteiger partial charge in [-0.15, -0.1) is 0 Å². The molecule has 1 atom stereocenters. The fraction of sp³-hybridized carbons (Fsp3) is 0.467. The Morgan fingerprint density at radius 3 is 2.52 bits per heavy atom. The Bertz CT molecular complexity index is 540. The van der Waals surface area contributed by atoms with E-state index in [1.165, 1.54) is 12.1 Å². The van der Waals surface area contributed by atoms with E-state index in [0.717, 1.165) is 13.1 Å². The predicted octanol–water partition coefficient (Wildman–Crippen LogP) is 0.610. The second-order valence-corrected chi connectivity index (χ2v) is 5.46. The lowest BCUT2D eigenvalue weighted by Crippen LogP contribution is -2.48. The normalized spacial score (nSPS) is 22.7. The molecule has 112 valence electrons. The fourth-order valence-electron chi connectivity index (χ4n) is 2.89. The standard InChI is InChI=1S/C15H18FN3O2/c16-12-1-3-13(4-2-12)19-10-11(9-14(19)20)15(21)18-7-5-17-6-8-18/h1-4,11,17H,5-10H2/t11-/m0/s1. The molecular formula is C15H18FN3O2. The molecule has 0 aliphatic carbocycles. The van der Waals surface area contributed by atoms with E-state index >= 15 is 0 Å². The number of nitrogens with zero attached hydrogens (tertiary/aromatic N) is 2. The van der Waals surface area contributed by atoms with Crippen molar-refractivity contribution in [1.82, 2.24) is 10.2 Å². The summed E-state index contributed by atoms with van der Waals surface area (Å²) in [4.78, 5) is 27.9. The molecule has 21 heavy (non-hydrogen) atoms. The van der Waals surface area contributed by atoms with Gasteiger partial charge in [0.25, 0.3) is 0 Å². The molecule has 0 unspecified atom stereocenters. The molecular weight excluding hydrogens is 273 g/mol. The summed E-state index contributed by atoms with van der Waals surface area (Å²) in [5.74, 6) is -0.649. The number of piperazine rings is 1. The number of nitrogens with one attached hydrogen (secondary N) is 1. The third kappa shape index (κ3) is 2.90. The maximum Gasteiger partial charge on any atom is 0.228 e. The van der Waals surface area contributed by atoms with Gasteiger partial charge in [0, 0.05) is 44.8 Å². The Kier molecular flexibility index (Phi) is 3.88. The van der Waals surface area contributed by atoms with E-state index in [2.05, 4.69) is 5.32 Å². The van der Waals surface area contributed by atoms with Crippen LogP contribution in [0.5, 0.6) is 0 Å². The Hall–Kier alpha value is -1.95. The quantitative estimate of drug-likeness (QED) is 0.868. The zero-order chi connectivity index (χ0) is 14.8. The van der Waals surface area contributed by atoms with Gasteiger partial charge < -0.3 is 15.1 Å². The summed E-state index contributed by atoms with van der Waals surface area (Å²) in [6.45, 7) is 3.37. The molecule has 2 fully saturated rings. The van der Waals surface area contributed by atoms with Crippen molar-refractivity contribution in [2.45, 2.75) is 6.42 Å². The fourth-order valence-corrected chi connectivity index (χ4v) is 2.89. The topological polar surface area (TPSA) is 52.7 Å². The summed E-state index contributed by atoms with van der Waals surface area (Å²) in [6.07, 6.45) is 0.236. The summed E-state index contributed by atoms with van der Waals surface area (Å²) in [5, 5.41) is 3.20. The van der Waals surface area contributed by atoms with Gasteiger partial charge in [-0.3, -0.25) is 9.59 Å². The first-order valence-electron chi connectivity index (χ1n) is 7.20. The van der Waals surface area contributed by atoms with Gasteiger partial charge in [-0.05, 0) is 24.3 Å². The molecule has 0 saturated carbocycles. The molecule has 1 aromatic rings. The van der Waals surface area contributed by atoms with Crippen molar-refractivity contribution >= 4 is 17.5 Å². The second-order valence-electron chi connectivity index (χ2n) is 5.46. The Morgan fingerprint density at radius 2 is 1.86 bits per heavy atom. The Morgan fingerprint density at radius 1 is 1.19 bits per heavy atom. The molecule has 2 heterocycles. The van der Waals surface area contributed by atoms with Gasteiger partial charge in [0.2, 0.25) is 11.8 Å². The molecule has 0 radical (unpaired) electrons. The van der Waals surface area contributed by atoms with Crippen molar-refractivity contribution < 1.29 is 14.0 Å². The van der Waals surface area contributed by atoms with Crippen LogP contribution in [0.2, 0.25) is 0 Å². The minimum absolute atomic E-state index is 0.0504. The van der Waals surface area contributed by atoms with Gasteiger partial charge in [-0.25, -0.2) is 4.39 Å². The summed E-state index contributed by atoms with van der Waals surface area (Å²) < 4.78 is 12.9. The minimum Gasteiger partial charge on any atom is -0.340 e. The molecule has 0 aromatic heterocycles. The highest BCUT2D eigenvalue weighted by molar-refractivity contribution is 6.00. The summed E-state index contributed by atoms with van der Waals surface area (Å²) in [7, 11) is 0. The molecule has 5 nitrogen and oxygen atoms in total. The van der Waals surface area contributed by atoms with E-state index in [-0.39, 0.29) is 30.0 Å². The summed E-state index contributed by atoms with van der Waals surface area (Å²) >= 11 is 0. The average Bonchev–Trinajstić information content (AvgIpc) is 2.90. The Balaban J connectivity index is 1.69. The zero-order valence-electron chi connectivity index (χ0n) is 11.7. The molecule has 3 rings (SSSR count). The van der Waals surface area contributed by atoms with Crippen LogP contribution in [0.4, 0.5) is 10.1 Å². The van der Waals surface area contributed by atoms with Crippen molar-refractivity contribution in [1.29, 1.82) is 0 Å². The van der Waals surface area contributed by atoms with Crippen LogP contribution in [0.1, 0.15) is 6.42 Å². The number of anilines is 1. The van der Waals surface area contributed by atoms with Crippen LogP contribution >= 0.6 is 0 Å². The molecule has 1 N–H and O–H groups in total. The van der Waals surface area contributed by atoms with Gasteiger partial charge >= 0.3 is 0 Å². The van der Waals surface area contributed by atoms with E-state index in [4.69, 9.17) is 0 Å². The van der Waals surface area contributed by atoms with Crippen LogP contribution in [0.25, 0.3) is 0 Å². The highest BCUT2D eigenvalue weighted by atomic mass is 19.1. The molecule has 0 bridgehead atoms. The highest BCUT2D eigenvalue weighted by Crippen LogP contribution is 2.26. The molecule has 2 aliphatic heterocycles. The first-order valence-corrected chi connectivity index (χ1v) is 7.20. The van der Waals surface area contributed by atoms with Gasteiger partial charge in [0.1, 0.15) is 5.82 Å². The van der Waals surface area contributed by atoms with Crippen LogP contribution in [0.3, 0.4) is 0 Å². The van der Waals surface area contributed by atoms with Gasteiger partial charge in [0.05, 0.1) is 5.92 Å². The molecule has 0 spiro atoms. The maximum absolute atomic E-state index is 12.9. The average molecular weight is 291 g/mol. The number of halogens is 1. The van der Waals surface area contributed by atoms with Crippen LogP contribution in [0, 0.1) is 11.7 Å². The van der Waals surface area contributed by atoms with Crippen molar-refractivity contribution in [3.05, 3.63) is 30.1 Å². The van der Waals surface area contributed by atoms with E-state index in [0.29, 0.717) is 25.3 Å². The van der Waals surface area contributed by atoms with E-state index in [9.17, 15) is 14.0 Å². The SMILES string of the molecule is O=C([C@H]1CC(=O)N(c2ccc(F)cc2)C1)N1CCNCC1. The van der Waals surface area contributed by atoms with Crippen LogP contribution in [-0.2, 0) is 9.59 Å². The summed E-state index contributed by atoms with van der Waals surface area (Å²) in [6, 6.07) is 5.80. The number of carbonyl (C=O) groups is 2. The van der Waals surface area contributed by atoms with Gasteiger partial charge in [0.15, 0.2) is 0 Å². The lowest BCUT2D eigenvalue weighted by atomic mass is 10.1. The number of carbonyl (C=O) groups excluding carboxylic acids is 2. The van der Waals surface area contributed by atoms with Crippen molar-refractivity contribution in [2.75, 3.05) is 37.6 Å². The maximum atomic E-state index is 12.9. The number of hydrogen-bond acceptors (Lipinski definition) is 3. The van der Waals surface area contributed by atoms with Crippen LogP contribution < -0.4 is 10.2 Å². The number of amides is 2. The van der Waals surface area contributed by atoms with Gasteiger partial charge in [-0.2, -0.15) is 0 Å². The lowest BCUT2D eigenvalue weighted by molar-refractivity contribution is -0.136.